The van der Waals surface area contributed by atoms with Gasteiger partial charge in [-0.1, -0.05) is 6.92 Å². The lowest BCUT2D eigenvalue weighted by Gasteiger charge is -2.21. The summed E-state index contributed by atoms with van der Waals surface area (Å²) in [4.78, 5) is 22.0. The normalized spacial score (nSPS) is 39.8. The molecule has 2 aliphatic rings. The van der Waals surface area contributed by atoms with Gasteiger partial charge in [0.15, 0.2) is 6.10 Å². The molecule has 0 amide bonds. The highest BCUT2D eigenvalue weighted by Gasteiger charge is 2.54. The molecule has 2 heterocycles. The Bertz CT molecular complexity index is 328. The fourth-order valence-corrected chi connectivity index (χ4v) is 2.23. The molecule has 2 saturated heterocycles. The van der Waals surface area contributed by atoms with Crippen LogP contribution in [0.3, 0.4) is 0 Å². The van der Waals surface area contributed by atoms with E-state index in [9.17, 15) is 9.59 Å². The molecule has 17 heavy (non-hydrogen) atoms. The SMILES string of the molecule is CC(=O)OC1OC2C(OC[C@H]2C)[C@H]1OC(C)=O. The number of carbonyl (C=O) groups excluding carboxylic acids is 2. The average Bonchev–Trinajstić information content (AvgIpc) is 2.69. The fourth-order valence-electron chi connectivity index (χ4n) is 2.23. The molecule has 3 unspecified atom stereocenters. The molecule has 0 N–H and O–H groups in total. The molecular formula is C11H16O6. The molecule has 2 fully saturated rings. The number of fused-ring (bicyclic) bond motifs is 1. The summed E-state index contributed by atoms with van der Waals surface area (Å²) in [7, 11) is 0. The van der Waals surface area contributed by atoms with Crippen molar-refractivity contribution in [3.05, 3.63) is 0 Å². The minimum Gasteiger partial charge on any atom is -0.453 e. The number of ether oxygens (including phenoxy) is 4. The van der Waals surface area contributed by atoms with Gasteiger partial charge in [-0.15, -0.1) is 0 Å². The van der Waals surface area contributed by atoms with E-state index in [1.807, 2.05) is 6.92 Å². The molecule has 2 rings (SSSR count). The maximum atomic E-state index is 11.0. The van der Waals surface area contributed by atoms with Crippen LogP contribution in [0.1, 0.15) is 20.8 Å². The Morgan fingerprint density at radius 3 is 2.35 bits per heavy atom. The summed E-state index contributed by atoms with van der Waals surface area (Å²) < 4.78 is 21.2. The maximum Gasteiger partial charge on any atom is 0.305 e. The summed E-state index contributed by atoms with van der Waals surface area (Å²) in [6.45, 7) is 5.12. The van der Waals surface area contributed by atoms with Crippen molar-refractivity contribution in [3.8, 4) is 0 Å². The number of esters is 2. The van der Waals surface area contributed by atoms with Crippen LogP contribution in [-0.2, 0) is 28.5 Å². The largest absolute Gasteiger partial charge is 0.453 e. The van der Waals surface area contributed by atoms with Crippen molar-refractivity contribution in [2.24, 2.45) is 5.92 Å². The van der Waals surface area contributed by atoms with Gasteiger partial charge in [0.2, 0.25) is 6.29 Å². The maximum absolute atomic E-state index is 11.0. The number of hydrogen-bond donors (Lipinski definition) is 0. The second-order valence-electron chi connectivity index (χ2n) is 4.43. The smallest absolute Gasteiger partial charge is 0.305 e. The third-order valence-corrected chi connectivity index (χ3v) is 2.90. The molecule has 0 spiro atoms. The molecular weight excluding hydrogens is 228 g/mol. The highest BCUT2D eigenvalue weighted by Crippen LogP contribution is 2.36. The molecule has 0 aliphatic carbocycles. The summed E-state index contributed by atoms with van der Waals surface area (Å²) in [5.41, 5.74) is 0. The molecule has 6 nitrogen and oxygen atoms in total. The molecule has 2 aliphatic heterocycles. The number of carbonyl (C=O) groups is 2. The number of hydrogen-bond acceptors (Lipinski definition) is 6. The monoisotopic (exact) mass is 244 g/mol. The standard InChI is InChI=1S/C11H16O6/c1-5-4-14-9-8(5)17-11(16-7(3)13)10(9)15-6(2)12/h5,8-11H,4H2,1-3H3/t5-,8?,9?,10-,11?/m1/s1. The highest BCUT2D eigenvalue weighted by molar-refractivity contribution is 5.67. The Morgan fingerprint density at radius 1 is 1.12 bits per heavy atom. The van der Waals surface area contributed by atoms with Crippen LogP contribution >= 0.6 is 0 Å². The van der Waals surface area contributed by atoms with Crippen molar-refractivity contribution < 1.29 is 28.5 Å². The minimum atomic E-state index is -0.867. The second-order valence-corrected chi connectivity index (χ2v) is 4.43. The lowest BCUT2D eigenvalue weighted by atomic mass is 10.0. The molecule has 0 aromatic carbocycles. The summed E-state index contributed by atoms with van der Waals surface area (Å²) >= 11 is 0. The second kappa shape index (κ2) is 4.62. The predicted molar refractivity (Wildman–Crippen MR) is 54.9 cm³/mol. The third-order valence-electron chi connectivity index (χ3n) is 2.90. The van der Waals surface area contributed by atoms with E-state index < -0.39 is 24.3 Å². The van der Waals surface area contributed by atoms with Gasteiger partial charge >= 0.3 is 11.9 Å². The molecule has 6 heteroatoms. The van der Waals surface area contributed by atoms with Crippen LogP contribution in [-0.4, -0.2) is 43.1 Å². The van der Waals surface area contributed by atoms with Crippen molar-refractivity contribution in [1.29, 1.82) is 0 Å². The fraction of sp³-hybridized carbons (Fsp3) is 0.818. The van der Waals surface area contributed by atoms with Crippen molar-refractivity contribution in [1.82, 2.24) is 0 Å². The summed E-state index contributed by atoms with van der Waals surface area (Å²) in [6, 6.07) is 0. The zero-order valence-corrected chi connectivity index (χ0v) is 10.0. The van der Waals surface area contributed by atoms with Gasteiger partial charge in [-0.25, -0.2) is 0 Å². The molecule has 0 radical (unpaired) electrons. The highest BCUT2D eigenvalue weighted by atomic mass is 16.7. The first kappa shape index (κ1) is 12.3. The van der Waals surface area contributed by atoms with Crippen LogP contribution in [0.25, 0.3) is 0 Å². The Kier molecular flexibility index (Phi) is 3.35. The van der Waals surface area contributed by atoms with Crippen LogP contribution in [0.15, 0.2) is 0 Å². The Balaban J connectivity index is 2.10. The van der Waals surface area contributed by atoms with Gasteiger partial charge in [0.25, 0.3) is 0 Å². The van der Waals surface area contributed by atoms with E-state index in [1.165, 1.54) is 13.8 Å². The molecule has 0 aromatic heterocycles. The topological polar surface area (TPSA) is 71.1 Å². The van der Waals surface area contributed by atoms with E-state index in [0.717, 1.165) is 0 Å². The molecule has 5 atom stereocenters. The lowest BCUT2D eigenvalue weighted by molar-refractivity contribution is -0.199. The predicted octanol–water partition coefficient (Wildman–Crippen LogP) is 0.241. The van der Waals surface area contributed by atoms with E-state index in [1.54, 1.807) is 0 Å². The van der Waals surface area contributed by atoms with Crippen LogP contribution in [0, 0.1) is 5.92 Å². The van der Waals surface area contributed by atoms with Gasteiger partial charge < -0.3 is 18.9 Å². The van der Waals surface area contributed by atoms with E-state index in [4.69, 9.17) is 18.9 Å². The van der Waals surface area contributed by atoms with Gasteiger partial charge in [-0.05, 0) is 0 Å². The van der Waals surface area contributed by atoms with E-state index in [0.29, 0.717) is 6.61 Å². The minimum absolute atomic E-state index is 0.191. The van der Waals surface area contributed by atoms with Crippen LogP contribution in [0.4, 0.5) is 0 Å². The van der Waals surface area contributed by atoms with Gasteiger partial charge in [0, 0.05) is 19.8 Å². The van der Waals surface area contributed by atoms with Gasteiger partial charge in [-0.3, -0.25) is 9.59 Å². The first-order chi connectivity index (χ1) is 7.99. The van der Waals surface area contributed by atoms with Crippen molar-refractivity contribution in [3.63, 3.8) is 0 Å². The van der Waals surface area contributed by atoms with E-state index in [-0.39, 0.29) is 18.1 Å². The summed E-state index contributed by atoms with van der Waals surface area (Å²) in [5, 5.41) is 0. The molecule has 96 valence electrons. The van der Waals surface area contributed by atoms with E-state index in [2.05, 4.69) is 0 Å². The van der Waals surface area contributed by atoms with Crippen LogP contribution < -0.4 is 0 Å². The van der Waals surface area contributed by atoms with Gasteiger partial charge in [0.05, 0.1) is 12.7 Å². The van der Waals surface area contributed by atoms with Crippen molar-refractivity contribution in [2.75, 3.05) is 6.61 Å². The lowest BCUT2D eigenvalue weighted by Crippen LogP contribution is -2.38. The quantitative estimate of drug-likeness (QED) is 0.648. The van der Waals surface area contributed by atoms with E-state index >= 15 is 0 Å². The Hall–Kier alpha value is -1.14. The summed E-state index contributed by atoms with van der Waals surface area (Å²) in [5.74, 6) is -0.724. The van der Waals surface area contributed by atoms with Crippen LogP contribution in [0.2, 0.25) is 0 Å². The van der Waals surface area contributed by atoms with Crippen molar-refractivity contribution >= 4 is 11.9 Å². The Morgan fingerprint density at radius 2 is 1.76 bits per heavy atom. The molecule has 0 bridgehead atoms. The Labute approximate surface area is 99.2 Å². The molecule has 0 saturated carbocycles. The first-order valence-electron chi connectivity index (χ1n) is 5.60. The third kappa shape index (κ3) is 2.42. The average molecular weight is 244 g/mol. The zero-order valence-electron chi connectivity index (χ0n) is 10.0. The number of rotatable bonds is 2. The van der Waals surface area contributed by atoms with Crippen molar-refractivity contribution in [2.45, 2.75) is 45.4 Å². The first-order valence-corrected chi connectivity index (χ1v) is 5.60. The van der Waals surface area contributed by atoms with Crippen LogP contribution in [0.5, 0.6) is 0 Å². The zero-order chi connectivity index (χ0) is 12.6. The van der Waals surface area contributed by atoms with Gasteiger partial charge in [-0.2, -0.15) is 0 Å². The van der Waals surface area contributed by atoms with Gasteiger partial charge in [0.1, 0.15) is 6.10 Å². The molecule has 0 aromatic rings. The summed E-state index contributed by atoms with van der Waals surface area (Å²) in [6.07, 6.45) is -2.08.